The van der Waals surface area contributed by atoms with Gasteiger partial charge in [-0.05, 0) is 35.9 Å². The molecule has 1 N–H and O–H groups in total. The van der Waals surface area contributed by atoms with E-state index < -0.39 is 11.6 Å². The third-order valence-electron chi connectivity index (χ3n) is 4.82. The van der Waals surface area contributed by atoms with Gasteiger partial charge in [-0.3, -0.25) is 4.79 Å². The van der Waals surface area contributed by atoms with Crippen molar-refractivity contribution < 1.29 is 13.6 Å². The topological polar surface area (TPSA) is 48.5 Å². The average Bonchev–Trinajstić information content (AvgIpc) is 3.22. The minimum atomic E-state index is -0.674. The number of halogens is 3. The largest absolute Gasteiger partial charge is 0.368 e. The fourth-order valence-corrected chi connectivity index (χ4v) is 4.37. The summed E-state index contributed by atoms with van der Waals surface area (Å²) in [6.45, 7) is 3.24. The normalized spacial score (nSPS) is 14.1. The highest BCUT2D eigenvalue weighted by molar-refractivity contribution is 7.13. The highest BCUT2D eigenvalue weighted by Crippen LogP contribution is 2.25. The summed E-state index contributed by atoms with van der Waals surface area (Å²) in [5.41, 5.74) is 1.74. The molecule has 156 valence electrons. The van der Waals surface area contributed by atoms with Gasteiger partial charge in [-0.25, -0.2) is 13.8 Å². The molecule has 0 unspecified atom stereocenters. The Morgan fingerprint density at radius 2 is 1.77 bits per heavy atom. The summed E-state index contributed by atoms with van der Waals surface area (Å²) in [5.74, 6) is -1.72. The fourth-order valence-electron chi connectivity index (χ4n) is 3.33. The van der Waals surface area contributed by atoms with Gasteiger partial charge in [0.25, 0.3) is 5.91 Å². The number of anilines is 2. The number of thiazole rings is 1. The van der Waals surface area contributed by atoms with Crippen molar-refractivity contribution in [1.29, 1.82) is 0 Å². The third-order valence-corrected chi connectivity index (χ3v) is 5.96. The van der Waals surface area contributed by atoms with Crippen LogP contribution in [-0.2, 0) is 6.54 Å². The van der Waals surface area contributed by atoms with Crippen LogP contribution >= 0.6 is 22.9 Å². The number of nitrogens with one attached hydrogen (secondary N) is 1. The van der Waals surface area contributed by atoms with Gasteiger partial charge in [0.2, 0.25) is 0 Å². The first kappa shape index (κ1) is 20.6. The minimum Gasteiger partial charge on any atom is -0.368 e. The summed E-state index contributed by atoms with van der Waals surface area (Å²) in [6, 6.07) is 11.0. The molecule has 0 radical (unpaired) electrons. The molecule has 1 amide bonds. The molecule has 0 aliphatic carbocycles. The quantitative estimate of drug-likeness (QED) is 0.631. The highest BCUT2D eigenvalue weighted by atomic mass is 35.5. The van der Waals surface area contributed by atoms with Crippen LogP contribution in [0.25, 0.3) is 0 Å². The smallest absolute Gasteiger partial charge is 0.271 e. The lowest BCUT2D eigenvalue weighted by atomic mass is 10.2. The Kier molecular flexibility index (Phi) is 6.15. The molecular weight excluding hydrogens is 430 g/mol. The zero-order chi connectivity index (χ0) is 21.1. The lowest BCUT2D eigenvalue weighted by Gasteiger charge is -2.36. The van der Waals surface area contributed by atoms with Crippen LogP contribution in [0.5, 0.6) is 0 Å². The molecule has 2 aromatic carbocycles. The number of nitrogens with zero attached hydrogens (tertiary/aromatic N) is 3. The molecule has 3 aromatic rings. The van der Waals surface area contributed by atoms with E-state index in [1.165, 1.54) is 23.5 Å². The molecule has 9 heteroatoms. The Morgan fingerprint density at radius 3 is 2.47 bits per heavy atom. The van der Waals surface area contributed by atoms with Gasteiger partial charge in [0.15, 0.2) is 5.13 Å². The van der Waals surface area contributed by atoms with Crippen molar-refractivity contribution >= 4 is 39.7 Å². The van der Waals surface area contributed by atoms with Crippen LogP contribution in [0.2, 0.25) is 5.02 Å². The number of piperazine rings is 1. The van der Waals surface area contributed by atoms with Crippen molar-refractivity contribution in [3.05, 3.63) is 75.8 Å². The molecule has 2 heterocycles. The summed E-state index contributed by atoms with van der Waals surface area (Å²) in [7, 11) is 0. The van der Waals surface area contributed by atoms with Gasteiger partial charge in [-0.1, -0.05) is 17.7 Å². The van der Waals surface area contributed by atoms with E-state index in [2.05, 4.69) is 20.1 Å². The lowest BCUT2D eigenvalue weighted by Crippen LogP contribution is -2.46. The van der Waals surface area contributed by atoms with E-state index in [1.54, 1.807) is 5.38 Å². The molecular formula is C21H19ClF2N4OS. The number of benzene rings is 2. The Bertz CT molecular complexity index is 1030. The Morgan fingerprint density at radius 1 is 1.07 bits per heavy atom. The van der Waals surface area contributed by atoms with Gasteiger partial charge in [-0.15, -0.1) is 11.3 Å². The maximum atomic E-state index is 13.3. The summed E-state index contributed by atoms with van der Waals surface area (Å²) in [6.07, 6.45) is 0. The van der Waals surface area contributed by atoms with Crippen molar-refractivity contribution in [3.63, 3.8) is 0 Å². The summed E-state index contributed by atoms with van der Waals surface area (Å²) >= 11 is 7.49. The van der Waals surface area contributed by atoms with E-state index >= 15 is 0 Å². The maximum Gasteiger partial charge on any atom is 0.271 e. The van der Waals surface area contributed by atoms with E-state index in [0.29, 0.717) is 16.3 Å². The van der Waals surface area contributed by atoms with Crippen LogP contribution in [0.1, 0.15) is 16.1 Å². The van der Waals surface area contributed by atoms with Crippen molar-refractivity contribution in [2.75, 3.05) is 36.0 Å². The van der Waals surface area contributed by atoms with E-state index in [9.17, 15) is 13.6 Å². The third kappa shape index (κ3) is 4.88. The number of hydrogen-bond acceptors (Lipinski definition) is 5. The van der Waals surface area contributed by atoms with Crippen LogP contribution in [0.3, 0.4) is 0 Å². The Labute approximate surface area is 181 Å². The molecule has 5 nitrogen and oxygen atoms in total. The molecule has 1 aliphatic heterocycles. The second-order valence-electron chi connectivity index (χ2n) is 6.93. The number of carbonyl (C=O) groups is 1. The molecule has 0 saturated carbocycles. The number of rotatable bonds is 5. The van der Waals surface area contributed by atoms with Crippen molar-refractivity contribution in [2.45, 2.75) is 6.54 Å². The molecule has 0 bridgehead atoms. The number of aromatic nitrogens is 1. The number of amides is 1. The van der Waals surface area contributed by atoms with Gasteiger partial charge in [-0.2, -0.15) is 0 Å². The van der Waals surface area contributed by atoms with Crippen LogP contribution in [0.4, 0.5) is 19.6 Å². The predicted molar refractivity (Wildman–Crippen MR) is 116 cm³/mol. The van der Waals surface area contributed by atoms with Crippen LogP contribution < -0.4 is 15.1 Å². The maximum absolute atomic E-state index is 13.3. The second-order valence-corrected chi connectivity index (χ2v) is 8.20. The monoisotopic (exact) mass is 448 g/mol. The van der Waals surface area contributed by atoms with Crippen molar-refractivity contribution in [3.8, 4) is 0 Å². The van der Waals surface area contributed by atoms with Gasteiger partial charge < -0.3 is 15.1 Å². The molecule has 1 saturated heterocycles. The molecule has 4 rings (SSSR count). The van der Waals surface area contributed by atoms with Gasteiger partial charge in [0, 0.05) is 54.9 Å². The number of hydrogen-bond donors (Lipinski definition) is 1. The Balaban J connectivity index is 1.33. The standard InChI is InChI=1S/C21H19ClF2N4OS/c22-15-2-1-3-18(10-15)27-4-6-28(7-5-27)21-26-19(13-30-21)20(29)25-12-14-8-16(23)11-17(24)9-14/h1-3,8-11,13H,4-7,12H2,(H,25,29). The highest BCUT2D eigenvalue weighted by Gasteiger charge is 2.21. The molecule has 0 spiro atoms. The SMILES string of the molecule is O=C(NCc1cc(F)cc(F)c1)c1csc(N2CCN(c3cccc(Cl)c3)CC2)n1. The second kappa shape index (κ2) is 8.97. The molecule has 1 aliphatic rings. The summed E-state index contributed by atoms with van der Waals surface area (Å²) in [4.78, 5) is 21.2. The van der Waals surface area contributed by atoms with E-state index in [4.69, 9.17) is 11.6 Å². The van der Waals surface area contributed by atoms with E-state index in [1.807, 2.05) is 24.3 Å². The number of carbonyl (C=O) groups excluding carboxylic acids is 1. The first-order valence-electron chi connectivity index (χ1n) is 9.42. The van der Waals surface area contributed by atoms with Crippen LogP contribution in [0, 0.1) is 11.6 Å². The first-order chi connectivity index (χ1) is 14.5. The first-order valence-corrected chi connectivity index (χ1v) is 10.7. The fraction of sp³-hybridized carbons (Fsp3) is 0.238. The molecule has 0 atom stereocenters. The predicted octanol–water partition coefficient (Wildman–Crippen LogP) is 4.33. The molecule has 1 fully saturated rings. The van der Waals surface area contributed by atoms with Gasteiger partial charge in [0.1, 0.15) is 17.3 Å². The Hall–Kier alpha value is -2.71. The summed E-state index contributed by atoms with van der Waals surface area (Å²) < 4.78 is 26.5. The zero-order valence-electron chi connectivity index (χ0n) is 15.9. The lowest BCUT2D eigenvalue weighted by molar-refractivity contribution is 0.0946. The van der Waals surface area contributed by atoms with Gasteiger partial charge in [0.05, 0.1) is 0 Å². The zero-order valence-corrected chi connectivity index (χ0v) is 17.5. The van der Waals surface area contributed by atoms with Crippen LogP contribution in [-0.4, -0.2) is 37.1 Å². The van der Waals surface area contributed by atoms with E-state index in [-0.39, 0.29) is 12.5 Å². The average molecular weight is 449 g/mol. The van der Waals surface area contributed by atoms with Crippen LogP contribution in [0.15, 0.2) is 47.8 Å². The minimum absolute atomic E-state index is 0.0265. The van der Waals surface area contributed by atoms with Gasteiger partial charge >= 0.3 is 0 Å². The van der Waals surface area contributed by atoms with Crippen molar-refractivity contribution in [2.24, 2.45) is 0 Å². The van der Waals surface area contributed by atoms with E-state index in [0.717, 1.165) is 43.1 Å². The molecule has 30 heavy (non-hydrogen) atoms. The summed E-state index contributed by atoms with van der Waals surface area (Å²) in [5, 5.41) is 5.84. The molecule has 1 aromatic heterocycles. The van der Waals surface area contributed by atoms with Crippen molar-refractivity contribution in [1.82, 2.24) is 10.3 Å².